The van der Waals surface area contributed by atoms with Gasteiger partial charge in [0.05, 0.1) is 17.9 Å². The van der Waals surface area contributed by atoms with Gasteiger partial charge in [-0.05, 0) is 53.1 Å². The molecule has 7 nitrogen and oxygen atoms in total. The van der Waals surface area contributed by atoms with E-state index in [1.807, 2.05) is 30.3 Å². The molecule has 1 aromatic heterocycles. The van der Waals surface area contributed by atoms with Crippen LogP contribution in [0.3, 0.4) is 0 Å². The number of thioether (sulfide) groups is 1. The van der Waals surface area contributed by atoms with Crippen LogP contribution >= 0.6 is 11.8 Å². The Balaban J connectivity index is 1.39. The van der Waals surface area contributed by atoms with Crippen LogP contribution < -0.4 is 10.1 Å². The Bertz CT molecular complexity index is 959. The topological polar surface area (TPSA) is 88.6 Å². The van der Waals surface area contributed by atoms with Crippen molar-refractivity contribution in [2.45, 2.75) is 26.2 Å². The first-order valence-corrected chi connectivity index (χ1v) is 10.9. The van der Waals surface area contributed by atoms with Gasteiger partial charge in [0, 0.05) is 25.5 Å². The molecule has 0 saturated carbocycles. The molecular weight excluding hydrogens is 414 g/mol. The number of benzene rings is 1. The molecule has 162 valence electrons. The number of ether oxygens (including phenoxy) is 1. The van der Waals surface area contributed by atoms with Crippen LogP contribution in [0.2, 0.25) is 0 Å². The van der Waals surface area contributed by atoms with Crippen molar-refractivity contribution < 1.29 is 19.1 Å². The number of carbonyl (C=O) groups is 3. The zero-order chi connectivity index (χ0) is 22.2. The van der Waals surface area contributed by atoms with Crippen molar-refractivity contribution in [2.75, 3.05) is 19.7 Å². The zero-order valence-electron chi connectivity index (χ0n) is 17.5. The zero-order valence-corrected chi connectivity index (χ0v) is 18.4. The number of hydrogen-bond acceptors (Lipinski definition) is 6. The molecule has 1 saturated heterocycles. The highest BCUT2D eigenvalue weighted by molar-refractivity contribution is 8.18. The minimum Gasteiger partial charge on any atom is -0.493 e. The predicted octanol–water partition coefficient (Wildman–Crippen LogP) is 3.83. The molecule has 1 aliphatic heterocycles. The van der Waals surface area contributed by atoms with Crippen molar-refractivity contribution in [3.05, 3.63) is 64.8 Å². The Hall–Kier alpha value is -3.13. The molecule has 31 heavy (non-hydrogen) atoms. The molecule has 0 radical (unpaired) electrons. The number of hydrogen-bond donors (Lipinski definition) is 1. The summed E-state index contributed by atoms with van der Waals surface area (Å²) in [5, 5.41) is 2.38. The average Bonchev–Trinajstić information content (AvgIpc) is 3.02. The second kappa shape index (κ2) is 10.8. The van der Waals surface area contributed by atoms with Gasteiger partial charge in [-0.3, -0.25) is 24.3 Å². The van der Waals surface area contributed by atoms with E-state index in [-0.39, 0.29) is 43.2 Å². The number of nitrogens with zero attached hydrogens (tertiary/aromatic N) is 2. The Morgan fingerprint density at radius 3 is 2.68 bits per heavy atom. The van der Waals surface area contributed by atoms with Gasteiger partial charge in [-0.15, -0.1) is 0 Å². The van der Waals surface area contributed by atoms with Gasteiger partial charge in [-0.25, -0.2) is 0 Å². The van der Waals surface area contributed by atoms with Crippen molar-refractivity contribution >= 4 is 34.9 Å². The second-order valence-corrected chi connectivity index (χ2v) is 8.29. The van der Waals surface area contributed by atoms with Crippen molar-refractivity contribution in [2.24, 2.45) is 0 Å². The third kappa shape index (κ3) is 6.42. The first kappa shape index (κ1) is 22.6. The summed E-state index contributed by atoms with van der Waals surface area (Å²) in [4.78, 5) is 42.1. The lowest BCUT2D eigenvalue weighted by Crippen LogP contribution is -2.37. The predicted molar refractivity (Wildman–Crippen MR) is 121 cm³/mol. The van der Waals surface area contributed by atoms with Gasteiger partial charge < -0.3 is 10.1 Å². The molecule has 0 unspecified atom stereocenters. The fourth-order valence-electron chi connectivity index (χ4n) is 2.91. The van der Waals surface area contributed by atoms with E-state index in [1.165, 1.54) is 5.56 Å². The monoisotopic (exact) mass is 439 g/mol. The van der Waals surface area contributed by atoms with E-state index in [0.717, 1.165) is 28.0 Å². The molecule has 3 rings (SSSR count). The van der Waals surface area contributed by atoms with E-state index in [9.17, 15) is 14.4 Å². The van der Waals surface area contributed by atoms with Crippen LogP contribution in [0.5, 0.6) is 5.75 Å². The summed E-state index contributed by atoms with van der Waals surface area (Å²) in [6.07, 6.45) is 5.09. The van der Waals surface area contributed by atoms with Crippen LogP contribution in [0.15, 0.2) is 53.7 Å². The number of rotatable bonds is 9. The quantitative estimate of drug-likeness (QED) is 0.598. The molecule has 0 spiro atoms. The van der Waals surface area contributed by atoms with E-state index < -0.39 is 0 Å². The fraction of sp³-hybridized carbons (Fsp3) is 0.304. The van der Waals surface area contributed by atoms with Crippen molar-refractivity contribution in [1.29, 1.82) is 0 Å². The lowest BCUT2D eigenvalue weighted by Gasteiger charge is -2.13. The molecule has 1 aliphatic rings. The largest absolute Gasteiger partial charge is 0.493 e. The van der Waals surface area contributed by atoms with Crippen LogP contribution in [0.1, 0.15) is 37.3 Å². The molecule has 1 N–H and O–H groups in total. The third-order valence-electron chi connectivity index (χ3n) is 4.66. The number of nitrogens with one attached hydrogen (secondary N) is 1. The number of amides is 3. The number of imide groups is 1. The van der Waals surface area contributed by atoms with Gasteiger partial charge in [-0.2, -0.15) is 0 Å². The highest BCUT2D eigenvalue weighted by Crippen LogP contribution is 2.31. The van der Waals surface area contributed by atoms with Crippen molar-refractivity contribution in [3.8, 4) is 5.75 Å². The first-order valence-electron chi connectivity index (χ1n) is 10.1. The fourth-order valence-corrected chi connectivity index (χ4v) is 3.78. The lowest BCUT2D eigenvalue weighted by molar-refractivity contribution is -0.124. The normalized spacial score (nSPS) is 15.1. The maximum Gasteiger partial charge on any atom is 0.293 e. The van der Waals surface area contributed by atoms with Gasteiger partial charge in [0.1, 0.15) is 5.75 Å². The van der Waals surface area contributed by atoms with Gasteiger partial charge in [0.15, 0.2) is 0 Å². The van der Waals surface area contributed by atoms with Crippen molar-refractivity contribution in [1.82, 2.24) is 15.2 Å². The summed E-state index contributed by atoms with van der Waals surface area (Å²) in [5.41, 5.74) is 1.98. The molecule has 0 bridgehead atoms. The molecular formula is C23H25N3O4S. The summed E-state index contributed by atoms with van der Waals surface area (Å²) in [6, 6.07) is 11.4. The molecule has 0 atom stereocenters. The molecule has 2 aromatic rings. The Morgan fingerprint density at radius 1 is 1.23 bits per heavy atom. The maximum atomic E-state index is 12.5. The molecule has 8 heteroatoms. The maximum absolute atomic E-state index is 12.5. The number of carbonyl (C=O) groups excluding carboxylic acids is 3. The van der Waals surface area contributed by atoms with E-state index in [0.29, 0.717) is 10.8 Å². The van der Waals surface area contributed by atoms with E-state index in [1.54, 1.807) is 24.5 Å². The van der Waals surface area contributed by atoms with Crippen LogP contribution in [-0.4, -0.2) is 46.6 Å². The van der Waals surface area contributed by atoms with Crippen LogP contribution in [0.25, 0.3) is 6.08 Å². The first-order chi connectivity index (χ1) is 14.9. The standard InChI is InChI=1S/C23H25N3O4S/c1-16(2)18-5-7-19(8-6-18)30-13-9-21(27)25-11-12-26-22(28)20(31-23(26)29)14-17-4-3-10-24-15-17/h3-8,10,14-16H,9,11-13H2,1-2H3,(H,25,27)/b20-14+. The van der Waals surface area contributed by atoms with E-state index >= 15 is 0 Å². The van der Waals surface area contributed by atoms with Crippen LogP contribution in [0, 0.1) is 0 Å². The van der Waals surface area contributed by atoms with Gasteiger partial charge in [0.25, 0.3) is 11.1 Å². The minimum absolute atomic E-state index is 0.123. The molecule has 1 aromatic carbocycles. The molecule has 0 aliphatic carbocycles. The summed E-state index contributed by atoms with van der Waals surface area (Å²) < 4.78 is 5.60. The summed E-state index contributed by atoms with van der Waals surface area (Å²) in [5.74, 6) is 0.614. The SMILES string of the molecule is CC(C)c1ccc(OCCC(=O)NCCN2C(=O)S/C(=C/c3cccnc3)C2=O)cc1. The van der Waals surface area contributed by atoms with E-state index in [4.69, 9.17) is 4.74 Å². The summed E-state index contributed by atoms with van der Waals surface area (Å²) in [6.45, 7) is 4.82. The molecule has 2 heterocycles. The Morgan fingerprint density at radius 2 is 2.00 bits per heavy atom. The van der Waals surface area contributed by atoms with Gasteiger partial charge in [-0.1, -0.05) is 32.0 Å². The average molecular weight is 440 g/mol. The number of pyridine rings is 1. The Kier molecular flexibility index (Phi) is 7.83. The van der Waals surface area contributed by atoms with Crippen LogP contribution in [0.4, 0.5) is 4.79 Å². The minimum atomic E-state index is -0.360. The molecule has 1 fully saturated rings. The highest BCUT2D eigenvalue weighted by Gasteiger charge is 2.34. The van der Waals surface area contributed by atoms with E-state index in [2.05, 4.69) is 24.1 Å². The lowest BCUT2D eigenvalue weighted by atomic mass is 10.0. The van der Waals surface area contributed by atoms with Crippen LogP contribution in [-0.2, 0) is 9.59 Å². The summed E-state index contributed by atoms with van der Waals surface area (Å²) in [7, 11) is 0. The smallest absolute Gasteiger partial charge is 0.293 e. The highest BCUT2D eigenvalue weighted by atomic mass is 32.2. The molecule has 3 amide bonds. The Labute approximate surface area is 185 Å². The summed E-state index contributed by atoms with van der Waals surface area (Å²) >= 11 is 0.888. The van der Waals surface area contributed by atoms with Gasteiger partial charge >= 0.3 is 0 Å². The van der Waals surface area contributed by atoms with Crippen molar-refractivity contribution in [3.63, 3.8) is 0 Å². The third-order valence-corrected chi connectivity index (χ3v) is 5.57. The second-order valence-electron chi connectivity index (χ2n) is 7.29. The number of aromatic nitrogens is 1. The van der Waals surface area contributed by atoms with Gasteiger partial charge in [0.2, 0.25) is 5.91 Å².